The van der Waals surface area contributed by atoms with E-state index in [2.05, 4.69) is 34.5 Å². The van der Waals surface area contributed by atoms with Crippen molar-refractivity contribution < 1.29 is 14.3 Å². The normalized spacial score (nSPS) is 17.8. The lowest BCUT2D eigenvalue weighted by atomic mass is 9.79. The number of likely N-dealkylation sites (tertiary alicyclic amines) is 1. The first-order chi connectivity index (χ1) is 15.8. The van der Waals surface area contributed by atoms with E-state index in [-0.39, 0.29) is 11.8 Å². The molecule has 1 aliphatic heterocycles. The molecule has 2 aromatic carbocycles. The highest BCUT2D eigenvalue weighted by Crippen LogP contribution is 2.37. The molecule has 1 aromatic heterocycles. The van der Waals surface area contributed by atoms with E-state index in [1.165, 1.54) is 0 Å². The zero-order valence-electron chi connectivity index (χ0n) is 19.6. The molecule has 0 aliphatic carbocycles. The smallest absolute Gasteiger partial charge is 0.257 e. The van der Waals surface area contributed by atoms with E-state index in [1.807, 2.05) is 31.2 Å². The predicted octanol–water partition coefficient (Wildman–Crippen LogP) is 3.56. The van der Waals surface area contributed by atoms with E-state index in [0.29, 0.717) is 31.5 Å². The van der Waals surface area contributed by atoms with Gasteiger partial charge in [0.25, 0.3) is 5.91 Å². The third kappa shape index (κ3) is 4.35. The van der Waals surface area contributed by atoms with Crippen LogP contribution in [-0.4, -0.2) is 66.1 Å². The van der Waals surface area contributed by atoms with Crippen molar-refractivity contribution in [1.29, 1.82) is 0 Å². The lowest BCUT2D eigenvalue weighted by Gasteiger charge is -2.31. The molecule has 0 spiro atoms. The predicted molar refractivity (Wildman–Crippen MR) is 127 cm³/mol. The lowest BCUT2D eigenvalue weighted by molar-refractivity contribution is -0.138. The van der Waals surface area contributed by atoms with Crippen molar-refractivity contribution in [1.82, 2.24) is 20.0 Å². The van der Waals surface area contributed by atoms with Gasteiger partial charge >= 0.3 is 0 Å². The molecule has 172 valence electrons. The Labute approximate surface area is 194 Å². The van der Waals surface area contributed by atoms with Crippen LogP contribution in [0.15, 0.2) is 54.7 Å². The number of ether oxygens (including phenoxy) is 1. The Hall–Kier alpha value is -3.61. The number of hydrogen-bond donors (Lipinski definition) is 1. The van der Waals surface area contributed by atoms with Crippen LogP contribution in [0.5, 0.6) is 5.75 Å². The number of aromatic amines is 1. The number of nitrogens with zero attached hydrogens (tertiary/aromatic N) is 3. The van der Waals surface area contributed by atoms with Crippen molar-refractivity contribution in [3.05, 3.63) is 71.5 Å². The van der Waals surface area contributed by atoms with E-state index in [4.69, 9.17) is 4.74 Å². The van der Waals surface area contributed by atoms with Crippen molar-refractivity contribution in [3.8, 4) is 16.9 Å². The Balaban J connectivity index is 1.58. The summed E-state index contributed by atoms with van der Waals surface area (Å²) < 4.78 is 5.49. The van der Waals surface area contributed by atoms with Crippen LogP contribution < -0.4 is 4.74 Å². The van der Waals surface area contributed by atoms with Gasteiger partial charge in [0.05, 0.1) is 24.3 Å². The molecule has 0 saturated carbocycles. The molecule has 2 amide bonds. The number of aromatic nitrogens is 2. The van der Waals surface area contributed by atoms with E-state index in [1.54, 1.807) is 37.2 Å². The number of hydrogen-bond acceptors (Lipinski definition) is 4. The van der Waals surface area contributed by atoms with Crippen LogP contribution in [0.4, 0.5) is 0 Å². The topological polar surface area (TPSA) is 78.5 Å². The van der Waals surface area contributed by atoms with Gasteiger partial charge in [-0.25, -0.2) is 0 Å². The zero-order valence-corrected chi connectivity index (χ0v) is 19.6. The molecule has 1 aliphatic rings. The molecule has 1 N–H and O–H groups in total. The van der Waals surface area contributed by atoms with Crippen molar-refractivity contribution in [2.24, 2.45) is 5.41 Å². The van der Waals surface area contributed by atoms with Crippen molar-refractivity contribution in [2.75, 3.05) is 34.3 Å². The van der Waals surface area contributed by atoms with Crippen molar-refractivity contribution >= 4 is 11.8 Å². The van der Waals surface area contributed by atoms with Gasteiger partial charge in [-0.15, -0.1) is 0 Å². The monoisotopic (exact) mass is 446 g/mol. The number of rotatable bonds is 6. The molecule has 7 heteroatoms. The Morgan fingerprint density at radius 3 is 2.52 bits per heavy atom. The van der Waals surface area contributed by atoms with Crippen molar-refractivity contribution in [2.45, 2.75) is 19.8 Å². The number of amides is 2. The number of methoxy groups -OCH3 is 1. The van der Waals surface area contributed by atoms with Crippen LogP contribution in [0.25, 0.3) is 11.1 Å². The highest BCUT2D eigenvalue weighted by molar-refractivity contribution is 5.96. The van der Waals surface area contributed by atoms with E-state index >= 15 is 0 Å². The summed E-state index contributed by atoms with van der Waals surface area (Å²) in [6.45, 7) is 2.77. The quantitative estimate of drug-likeness (QED) is 0.628. The summed E-state index contributed by atoms with van der Waals surface area (Å²) in [6.07, 6.45) is 2.76. The largest absolute Gasteiger partial charge is 0.496 e. The molecular formula is C26H30N4O3. The molecule has 33 heavy (non-hydrogen) atoms. The molecular weight excluding hydrogens is 416 g/mol. The maximum absolute atomic E-state index is 13.3. The van der Waals surface area contributed by atoms with Crippen LogP contribution in [0, 0.1) is 12.3 Å². The molecule has 0 bridgehead atoms. The molecule has 1 fully saturated rings. The fourth-order valence-corrected chi connectivity index (χ4v) is 4.73. The van der Waals surface area contributed by atoms with E-state index < -0.39 is 5.41 Å². The third-order valence-corrected chi connectivity index (χ3v) is 6.48. The van der Waals surface area contributed by atoms with Gasteiger partial charge in [0, 0.05) is 38.4 Å². The summed E-state index contributed by atoms with van der Waals surface area (Å²) in [6, 6.07) is 16.2. The summed E-state index contributed by atoms with van der Waals surface area (Å²) >= 11 is 0. The lowest BCUT2D eigenvalue weighted by Crippen LogP contribution is -2.44. The molecule has 3 aromatic rings. The zero-order chi connectivity index (χ0) is 23.6. The van der Waals surface area contributed by atoms with Gasteiger partial charge in [-0.1, -0.05) is 42.5 Å². The average Bonchev–Trinajstić information content (AvgIpc) is 3.45. The highest BCUT2D eigenvalue weighted by atomic mass is 16.5. The first-order valence-electron chi connectivity index (χ1n) is 11.1. The molecule has 4 rings (SSSR count). The molecule has 1 saturated heterocycles. The Morgan fingerprint density at radius 1 is 1.15 bits per heavy atom. The molecule has 7 nitrogen and oxygen atoms in total. The maximum Gasteiger partial charge on any atom is 0.257 e. The van der Waals surface area contributed by atoms with Gasteiger partial charge in [-0.2, -0.15) is 5.10 Å². The minimum absolute atomic E-state index is 0.0514. The van der Waals surface area contributed by atoms with Crippen LogP contribution in [0.3, 0.4) is 0 Å². The molecule has 0 radical (unpaired) electrons. The number of aryl methyl sites for hydroxylation is 1. The summed E-state index contributed by atoms with van der Waals surface area (Å²) in [5.41, 5.74) is 3.80. The standard InChI is InChI=1S/C26H30N4O3/c1-18-22(16-27-28-18)24(31)30-14-13-26(17-30,25(32)29(2)3)15-19-9-11-20(12-10-19)21-7-5-6-8-23(21)33-4/h5-12,16H,13-15,17H2,1-4H3,(H,27,28)/t26-/m1/s1. The van der Waals surface area contributed by atoms with E-state index in [9.17, 15) is 9.59 Å². The van der Waals surface area contributed by atoms with Crippen LogP contribution in [0.1, 0.15) is 28.0 Å². The van der Waals surface area contributed by atoms with Crippen LogP contribution in [0.2, 0.25) is 0 Å². The number of carbonyl (C=O) groups excluding carboxylic acids is 2. The number of benzene rings is 2. The first kappa shape index (κ1) is 22.6. The Bertz CT molecular complexity index is 1150. The van der Waals surface area contributed by atoms with Gasteiger partial charge < -0.3 is 14.5 Å². The second-order valence-corrected chi connectivity index (χ2v) is 8.94. The number of nitrogens with one attached hydrogen (secondary N) is 1. The summed E-state index contributed by atoms with van der Waals surface area (Å²) in [4.78, 5) is 29.8. The third-order valence-electron chi connectivity index (χ3n) is 6.48. The van der Waals surface area contributed by atoms with E-state index in [0.717, 1.165) is 28.1 Å². The Morgan fingerprint density at radius 2 is 1.88 bits per heavy atom. The highest BCUT2D eigenvalue weighted by Gasteiger charge is 2.47. The minimum Gasteiger partial charge on any atom is -0.496 e. The van der Waals surface area contributed by atoms with Gasteiger partial charge in [0.1, 0.15) is 5.75 Å². The van der Waals surface area contributed by atoms with Crippen LogP contribution >= 0.6 is 0 Å². The summed E-state index contributed by atoms with van der Waals surface area (Å²) in [5, 5.41) is 6.79. The fourth-order valence-electron chi connectivity index (χ4n) is 4.73. The molecule has 1 atom stereocenters. The van der Waals surface area contributed by atoms with Crippen LogP contribution in [-0.2, 0) is 11.2 Å². The average molecular weight is 447 g/mol. The van der Waals surface area contributed by atoms with Crippen molar-refractivity contribution in [3.63, 3.8) is 0 Å². The summed E-state index contributed by atoms with van der Waals surface area (Å²) in [5.74, 6) is 0.792. The minimum atomic E-state index is -0.650. The molecule has 2 heterocycles. The number of carbonyl (C=O) groups is 2. The Kier molecular flexibility index (Phi) is 6.22. The second kappa shape index (κ2) is 9.10. The maximum atomic E-state index is 13.3. The van der Waals surface area contributed by atoms with Gasteiger partial charge in [0.2, 0.25) is 5.91 Å². The molecule has 0 unspecified atom stereocenters. The second-order valence-electron chi connectivity index (χ2n) is 8.94. The number of H-pyrrole nitrogens is 1. The van der Waals surface area contributed by atoms with Gasteiger partial charge in [-0.3, -0.25) is 14.7 Å². The first-order valence-corrected chi connectivity index (χ1v) is 11.1. The summed E-state index contributed by atoms with van der Waals surface area (Å²) in [7, 11) is 5.22. The SMILES string of the molecule is COc1ccccc1-c1ccc(C[C@]2(C(=O)N(C)C)CCN(C(=O)c3cn[nH]c3C)C2)cc1. The fraction of sp³-hybridized carbons (Fsp3) is 0.346. The number of para-hydroxylation sites is 1. The van der Waals surface area contributed by atoms with Gasteiger partial charge in [-0.05, 0) is 37.0 Å². The van der Waals surface area contributed by atoms with Gasteiger partial charge in [0.15, 0.2) is 0 Å².